The number of anilines is 1. The summed E-state index contributed by atoms with van der Waals surface area (Å²) in [6.45, 7) is 6.61. The summed E-state index contributed by atoms with van der Waals surface area (Å²) in [5, 5.41) is 8.62. The number of rotatable bonds is 4. The second kappa shape index (κ2) is 4.69. The summed E-state index contributed by atoms with van der Waals surface area (Å²) >= 11 is 0. The van der Waals surface area contributed by atoms with E-state index in [1.807, 2.05) is 7.05 Å². The van der Waals surface area contributed by atoms with Crippen molar-refractivity contribution in [3.63, 3.8) is 0 Å². The minimum absolute atomic E-state index is 0.387. The fourth-order valence-corrected chi connectivity index (χ4v) is 1.79. The van der Waals surface area contributed by atoms with Gasteiger partial charge in [0, 0.05) is 13.1 Å². The van der Waals surface area contributed by atoms with Crippen LogP contribution in [0.4, 0.5) is 5.82 Å². The maximum absolute atomic E-state index is 4.30. The van der Waals surface area contributed by atoms with Gasteiger partial charge in [0.15, 0.2) is 5.65 Å². The van der Waals surface area contributed by atoms with Crippen molar-refractivity contribution in [1.82, 2.24) is 19.7 Å². The number of aryl methyl sites for hydroxylation is 1. The summed E-state index contributed by atoms with van der Waals surface area (Å²) < 4.78 is 1.76. The first-order valence-electron chi connectivity index (χ1n) is 6.02. The highest BCUT2D eigenvalue weighted by Crippen LogP contribution is 2.20. The Morgan fingerprint density at radius 3 is 2.82 bits per heavy atom. The average molecular weight is 233 g/mol. The van der Waals surface area contributed by atoms with Crippen molar-refractivity contribution in [2.75, 3.05) is 5.32 Å². The summed E-state index contributed by atoms with van der Waals surface area (Å²) in [6, 6.07) is 0.387. The molecule has 5 nitrogen and oxygen atoms in total. The molecule has 0 fully saturated rings. The minimum Gasteiger partial charge on any atom is -0.367 e. The molecule has 0 bridgehead atoms. The summed E-state index contributed by atoms with van der Waals surface area (Å²) in [5.74, 6) is 1.48. The Morgan fingerprint density at radius 2 is 2.12 bits per heavy atom. The molecule has 17 heavy (non-hydrogen) atoms. The molecule has 0 saturated heterocycles. The van der Waals surface area contributed by atoms with Crippen molar-refractivity contribution in [2.24, 2.45) is 13.0 Å². The lowest BCUT2D eigenvalue weighted by atomic mass is 10.0. The molecule has 0 spiro atoms. The van der Waals surface area contributed by atoms with Gasteiger partial charge in [0.2, 0.25) is 0 Å². The highest BCUT2D eigenvalue weighted by molar-refractivity contribution is 5.86. The molecule has 2 heterocycles. The normalized spacial score (nSPS) is 14.8. The van der Waals surface area contributed by atoms with Crippen molar-refractivity contribution in [3.8, 4) is 0 Å². The molecule has 1 N–H and O–H groups in total. The third kappa shape index (κ3) is 2.23. The van der Waals surface area contributed by atoms with Gasteiger partial charge in [-0.3, -0.25) is 4.68 Å². The Balaban J connectivity index is 2.30. The van der Waals surface area contributed by atoms with Crippen LogP contribution in [0.25, 0.3) is 11.0 Å². The summed E-state index contributed by atoms with van der Waals surface area (Å²) in [7, 11) is 1.89. The van der Waals surface area contributed by atoms with Crippen LogP contribution < -0.4 is 5.32 Å². The van der Waals surface area contributed by atoms with Crippen molar-refractivity contribution in [3.05, 3.63) is 12.5 Å². The van der Waals surface area contributed by atoms with Crippen molar-refractivity contribution >= 4 is 16.9 Å². The first-order chi connectivity index (χ1) is 8.13. The molecule has 0 aliphatic carbocycles. The van der Waals surface area contributed by atoms with E-state index in [9.17, 15) is 0 Å². The molecule has 2 aromatic heterocycles. The van der Waals surface area contributed by atoms with Gasteiger partial charge in [-0.1, -0.05) is 20.3 Å². The van der Waals surface area contributed by atoms with Crippen LogP contribution in [0.3, 0.4) is 0 Å². The van der Waals surface area contributed by atoms with Crippen LogP contribution in [0.5, 0.6) is 0 Å². The monoisotopic (exact) mass is 233 g/mol. The van der Waals surface area contributed by atoms with E-state index in [4.69, 9.17) is 0 Å². The van der Waals surface area contributed by atoms with Crippen LogP contribution in [0.2, 0.25) is 0 Å². The first kappa shape index (κ1) is 11.8. The zero-order valence-corrected chi connectivity index (χ0v) is 10.8. The van der Waals surface area contributed by atoms with E-state index >= 15 is 0 Å². The van der Waals surface area contributed by atoms with E-state index in [1.165, 1.54) is 0 Å². The van der Waals surface area contributed by atoms with Gasteiger partial charge in [-0.25, -0.2) is 9.97 Å². The molecular weight excluding hydrogens is 214 g/mol. The van der Waals surface area contributed by atoms with Gasteiger partial charge < -0.3 is 5.32 Å². The Bertz CT molecular complexity index is 505. The van der Waals surface area contributed by atoms with Crippen LogP contribution in [0, 0.1) is 5.92 Å². The third-order valence-corrected chi connectivity index (χ3v) is 3.39. The van der Waals surface area contributed by atoms with Gasteiger partial charge in [-0.15, -0.1) is 0 Å². The second-order valence-corrected chi connectivity index (χ2v) is 4.55. The molecule has 2 unspecified atom stereocenters. The van der Waals surface area contributed by atoms with Crippen LogP contribution in [-0.2, 0) is 7.05 Å². The zero-order chi connectivity index (χ0) is 12.4. The quantitative estimate of drug-likeness (QED) is 0.879. The van der Waals surface area contributed by atoms with Gasteiger partial charge in [0.25, 0.3) is 0 Å². The predicted octanol–water partition coefficient (Wildman–Crippen LogP) is 2.21. The smallest absolute Gasteiger partial charge is 0.163 e. The number of hydrogen-bond acceptors (Lipinski definition) is 4. The Labute approximate surface area is 101 Å². The Kier molecular flexibility index (Phi) is 3.26. The molecule has 5 heteroatoms. The molecule has 2 rings (SSSR count). The van der Waals surface area contributed by atoms with Gasteiger partial charge in [0.1, 0.15) is 12.1 Å². The van der Waals surface area contributed by atoms with Crippen molar-refractivity contribution in [1.29, 1.82) is 0 Å². The molecule has 92 valence electrons. The Morgan fingerprint density at radius 1 is 1.35 bits per heavy atom. The number of fused-ring (bicyclic) bond motifs is 1. The highest BCUT2D eigenvalue weighted by Gasteiger charge is 2.13. The van der Waals surface area contributed by atoms with Crippen LogP contribution >= 0.6 is 0 Å². The number of nitrogens with zero attached hydrogens (tertiary/aromatic N) is 4. The molecule has 0 aliphatic rings. The maximum atomic E-state index is 4.30. The topological polar surface area (TPSA) is 55.6 Å². The van der Waals surface area contributed by atoms with Crippen LogP contribution in [-0.4, -0.2) is 25.8 Å². The van der Waals surface area contributed by atoms with E-state index in [2.05, 4.69) is 41.2 Å². The van der Waals surface area contributed by atoms with E-state index in [0.29, 0.717) is 12.0 Å². The second-order valence-electron chi connectivity index (χ2n) is 4.55. The zero-order valence-electron chi connectivity index (χ0n) is 10.8. The molecule has 0 aromatic carbocycles. The molecule has 0 radical (unpaired) electrons. The average Bonchev–Trinajstić information content (AvgIpc) is 2.71. The molecule has 0 aliphatic heterocycles. The fraction of sp³-hybridized carbons (Fsp3) is 0.583. The fourth-order valence-electron chi connectivity index (χ4n) is 1.79. The minimum atomic E-state index is 0.387. The predicted molar refractivity (Wildman–Crippen MR) is 68.8 cm³/mol. The van der Waals surface area contributed by atoms with Crippen LogP contribution in [0.15, 0.2) is 12.5 Å². The summed E-state index contributed by atoms with van der Waals surface area (Å²) in [5.41, 5.74) is 0.860. The lowest BCUT2D eigenvalue weighted by molar-refractivity contribution is 0.494. The molecule has 2 atom stereocenters. The number of hydrogen-bond donors (Lipinski definition) is 1. The first-order valence-corrected chi connectivity index (χ1v) is 6.02. The SMILES string of the molecule is CCC(C)C(C)Nc1ncnc2c1cnn2C. The van der Waals surface area contributed by atoms with Gasteiger partial charge >= 0.3 is 0 Å². The van der Waals surface area contributed by atoms with Crippen molar-refractivity contribution in [2.45, 2.75) is 33.2 Å². The Hall–Kier alpha value is -1.65. The molecule has 0 saturated carbocycles. The lowest BCUT2D eigenvalue weighted by Gasteiger charge is -2.20. The van der Waals surface area contributed by atoms with Gasteiger partial charge in [-0.05, 0) is 12.8 Å². The van der Waals surface area contributed by atoms with Gasteiger partial charge in [-0.2, -0.15) is 5.10 Å². The highest BCUT2D eigenvalue weighted by atomic mass is 15.3. The number of aromatic nitrogens is 4. The van der Waals surface area contributed by atoms with E-state index in [1.54, 1.807) is 17.2 Å². The molecule has 2 aromatic rings. The van der Waals surface area contributed by atoms with Crippen LogP contribution in [0.1, 0.15) is 27.2 Å². The summed E-state index contributed by atoms with van der Waals surface area (Å²) in [6.07, 6.45) is 4.53. The maximum Gasteiger partial charge on any atom is 0.163 e. The third-order valence-electron chi connectivity index (χ3n) is 3.39. The standard InChI is InChI=1S/C12H19N5/c1-5-8(2)9(3)16-11-10-6-15-17(4)12(10)14-7-13-11/h6-9H,5H2,1-4H3,(H,13,14,16). The van der Waals surface area contributed by atoms with Crippen molar-refractivity contribution < 1.29 is 0 Å². The lowest BCUT2D eigenvalue weighted by Crippen LogP contribution is -2.23. The number of nitrogens with one attached hydrogen (secondary N) is 1. The summed E-state index contributed by atoms with van der Waals surface area (Å²) in [4.78, 5) is 8.52. The largest absolute Gasteiger partial charge is 0.367 e. The van der Waals surface area contributed by atoms with Gasteiger partial charge in [0.05, 0.1) is 11.6 Å². The molecule has 0 amide bonds. The van der Waals surface area contributed by atoms with E-state index in [0.717, 1.165) is 23.3 Å². The molecular formula is C12H19N5. The van der Waals surface area contributed by atoms with E-state index in [-0.39, 0.29) is 0 Å². The van der Waals surface area contributed by atoms with E-state index < -0.39 is 0 Å².